The summed E-state index contributed by atoms with van der Waals surface area (Å²) in [5.41, 5.74) is 3.68. The first kappa shape index (κ1) is 13.2. The van der Waals surface area contributed by atoms with Crippen molar-refractivity contribution in [3.05, 3.63) is 16.6 Å². The summed E-state index contributed by atoms with van der Waals surface area (Å²) in [4.78, 5) is 4.42. The fourth-order valence-electron chi connectivity index (χ4n) is 5.82. The molecule has 4 saturated carbocycles. The quantitative estimate of drug-likeness (QED) is 0.647. The Kier molecular flexibility index (Phi) is 3.36. The van der Waals surface area contributed by atoms with Crippen molar-refractivity contribution in [3.8, 4) is 0 Å². The Bertz CT molecular complexity index is 421. The minimum Gasteiger partial charge on any atom is -0.271 e. The molecule has 1 aromatic heterocycles. The predicted molar refractivity (Wildman–Crippen MR) is 82.2 cm³/mol. The molecule has 0 spiro atoms. The van der Waals surface area contributed by atoms with Gasteiger partial charge >= 0.3 is 0 Å². The van der Waals surface area contributed by atoms with E-state index >= 15 is 0 Å². The first-order chi connectivity index (χ1) is 9.75. The molecule has 20 heavy (non-hydrogen) atoms. The summed E-state index contributed by atoms with van der Waals surface area (Å²) < 4.78 is 0. The summed E-state index contributed by atoms with van der Waals surface area (Å²) >= 11 is 1.75. The van der Waals surface area contributed by atoms with Crippen molar-refractivity contribution in [1.29, 1.82) is 0 Å². The summed E-state index contributed by atoms with van der Waals surface area (Å²) in [5, 5.41) is 3.28. The molecule has 4 aliphatic rings. The van der Waals surface area contributed by atoms with Gasteiger partial charge in [-0.25, -0.2) is 4.98 Å². The number of nitrogens with zero attached hydrogens (tertiary/aromatic N) is 1. The van der Waals surface area contributed by atoms with Crippen LogP contribution in [-0.4, -0.2) is 11.0 Å². The number of aromatic nitrogens is 1. The van der Waals surface area contributed by atoms with E-state index in [4.69, 9.17) is 5.84 Å². The van der Waals surface area contributed by atoms with Gasteiger partial charge in [-0.2, -0.15) is 0 Å². The Hall–Kier alpha value is -0.450. The Morgan fingerprint density at radius 3 is 2.40 bits per heavy atom. The van der Waals surface area contributed by atoms with Gasteiger partial charge < -0.3 is 0 Å². The average molecular weight is 291 g/mol. The fourth-order valence-corrected chi connectivity index (χ4v) is 6.52. The van der Waals surface area contributed by atoms with Crippen molar-refractivity contribution in [2.45, 2.75) is 57.4 Å². The molecule has 1 aromatic rings. The molecule has 4 fully saturated rings. The average Bonchev–Trinajstić information content (AvgIpc) is 2.89. The monoisotopic (exact) mass is 291 g/mol. The number of rotatable bonds is 5. The maximum Gasteiger partial charge on any atom is 0.0940 e. The Morgan fingerprint density at radius 1 is 1.25 bits per heavy atom. The lowest BCUT2D eigenvalue weighted by Gasteiger charge is -2.57. The van der Waals surface area contributed by atoms with Crippen LogP contribution in [0.3, 0.4) is 0 Å². The summed E-state index contributed by atoms with van der Waals surface area (Å²) in [6.45, 7) is 0. The zero-order valence-corrected chi connectivity index (χ0v) is 12.9. The van der Waals surface area contributed by atoms with Crippen molar-refractivity contribution in [2.75, 3.05) is 0 Å². The molecular formula is C16H25N3S. The second-order valence-corrected chi connectivity index (χ2v) is 8.59. The van der Waals surface area contributed by atoms with Crippen LogP contribution < -0.4 is 11.3 Å². The van der Waals surface area contributed by atoms with Crippen molar-refractivity contribution in [2.24, 2.45) is 29.0 Å². The Morgan fingerprint density at radius 2 is 1.90 bits per heavy atom. The second kappa shape index (κ2) is 5.08. The number of hydrogen-bond donors (Lipinski definition) is 2. The van der Waals surface area contributed by atoms with Gasteiger partial charge in [-0.05, 0) is 68.1 Å². The van der Waals surface area contributed by atoms with Crippen LogP contribution in [0.15, 0.2) is 11.6 Å². The molecule has 1 atom stereocenters. The molecule has 0 radical (unpaired) electrons. The number of thiazole rings is 1. The van der Waals surface area contributed by atoms with Gasteiger partial charge in [-0.15, -0.1) is 11.3 Å². The van der Waals surface area contributed by atoms with Crippen LogP contribution in [0.25, 0.3) is 0 Å². The molecule has 3 nitrogen and oxygen atoms in total. The van der Waals surface area contributed by atoms with Crippen LogP contribution >= 0.6 is 11.3 Å². The van der Waals surface area contributed by atoms with Gasteiger partial charge in [0.05, 0.1) is 5.01 Å². The normalized spacial score (nSPS) is 40.1. The molecule has 0 amide bonds. The molecule has 0 saturated heterocycles. The first-order valence-electron chi connectivity index (χ1n) is 8.09. The van der Waals surface area contributed by atoms with Crippen LogP contribution in [0, 0.1) is 23.2 Å². The summed E-state index contributed by atoms with van der Waals surface area (Å²) in [6, 6.07) is 0.400. The van der Waals surface area contributed by atoms with E-state index in [2.05, 4.69) is 15.8 Å². The molecule has 1 heterocycles. The van der Waals surface area contributed by atoms with Crippen LogP contribution in [0.2, 0.25) is 0 Å². The molecule has 110 valence electrons. The van der Waals surface area contributed by atoms with Crippen molar-refractivity contribution >= 4 is 11.3 Å². The number of nitrogens with one attached hydrogen (secondary N) is 1. The highest BCUT2D eigenvalue weighted by Gasteiger charge is 2.51. The lowest BCUT2D eigenvalue weighted by Crippen LogP contribution is -2.50. The van der Waals surface area contributed by atoms with Crippen molar-refractivity contribution in [3.63, 3.8) is 0 Å². The van der Waals surface area contributed by atoms with E-state index in [1.54, 1.807) is 11.3 Å². The third-order valence-electron chi connectivity index (χ3n) is 5.98. The fraction of sp³-hybridized carbons (Fsp3) is 0.812. The zero-order valence-electron chi connectivity index (χ0n) is 12.1. The lowest BCUT2D eigenvalue weighted by molar-refractivity contribution is -0.0620. The molecule has 4 heteroatoms. The van der Waals surface area contributed by atoms with Crippen LogP contribution in [-0.2, 0) is 6.42 Å². The van der Waals surface area contributed by atoms with E-state index < -0.39 is 0 Å². The minimum atomic E-state index is 0.400. The predicted octanol–water partition coefficient (Wildman–Crippen LogP) is 3.12. The van der Waals surface area contributed by atoms with Gasteiger partial charge in [-0.3, -0.25) is 11.3 Å². The van der Waals surface area contributed by atoms with Crippen molar-refractivity contribution in [1.82, 2.24) is 10.4 Å². The molecule has 4 bridgehead atoms. The van der Waals surface area contributed by atoms with Crippen molar-refractivity contribution < 1.29 is 0 Å². The molecule has 0 aliphatic heterocycles. The highest BCUT2D eigenvalue weighted by Crippen LogP contribution is 2.61. The van der Waals surface area contributed by atoms with Gasteiger partial charge in [0.2, 0.25) is 0 Å². The summed E-state index contributed by atoms with van der Waals surface area (Å²) in [5.74, 6) is 8.93. The second-order valence-electron chi connectivity index (χ2n) is 7.62. The van der Waals surface area contributed by atoms with Crippen LogP contribution in [0.4, 0.5) is 0 Å². The molecule has 3 N–H and O–H groups in total. The molecular weight excluding hydrogens is 266 g/mol. The van der Waals surface area contributed by atoms with E-state index in [0.717, 1.165) is 24.2 Å². The number of nitrogens with two attached hydrogens (primary N) is 1. The van der Waals surface area contributed by atoms with E-state index in [0.29, 0.717) is 11.5 Å². The Labute approximate surface area is 125 Å². The Balaban J connectivity index is 1.46. The van der Waals surface area contributed by atoms with Gasteiger partial charge in [-0.1, -0.05) is 0 Å². The third kappa shape index (κ3) is 2.42. The van der Waals surface area contributed by atoms with E-state index in [1.807, 2.05) is 6.20 Å². The first-order valence-corrected chi connectivity index (χ1v) is 8.97. The molecule has 4 aliphatic carbocycles. The maximum absolute atomic E-state index is 5.85. The van der Waals surface area contributed by atoms with Crippen LogP contribution in [0.5, 0.6) is 0 Å². The van der Waals surface area contributed by atoms with Gasteiger partial charge in [0.1, 0.15) is 0 Å². The maximum atomic E-state index is 5.85. The van der Waals surface area contributed by atoms with E-state index in [-0.39, 0.29) is 0 Å². The highest BCUT2D eigenvalue weighted by atomic mass is 32.1. The van der Waals surface area contributed by atoms with Gasteiger partial charge in [0, 0.05) is 24.0 Å². The smallest absolute Gasteiger partial charge is 0.0940 e. The minimum absolute atomic E-state index is 0.400. The molecule has 1 unspecified atom stereocenters. The van der Waals surface area contributed by atoms with Gasteiger partial charge in [0.25, 0.3) is 0 Å². The largest absolute Gasteiger partial charge is 0.271 e. The third-order valence-corrected chi connectivity index (χ3v) is 6.79. The zero-order chi connectivity index (χ0) is 13.6. The topological polar surface area (TPSA) is 50.9 Å². The number of hydrazine groups is 1. The molecule has 0 aromatic carbocycles. The molecule has 5 rings (SSSR count). The van der Waals surface area contributed by atoms with E-state index in [9.17, 15) is 0 Å². The van der Waals surface area contributed by atoms with Crippen LogP contribution in [0.1, 0.15) is 50.0 Å². The lowest BCUT2D eigenvalue weighted by atomic mass is 9.48. The highest BCUT2D eigenvalue weighted by molar-refractivity contribution is 7.09. The van der Waals surface area contributed by atoms with E-state index in [1.165, 1.54) is 50.0 Å². The summed E-state index contributed by atoms with van der Waals surface area (Å²) in [6.07, 6.45) is 13.1. The number of hydrogen-bond acceptors (Lipinski definition) is 4. The van der Waals surface area contributed by atoms with Gasteiger partial charge in [0.15, 0.2) is 0 Å². The SMILES string of the molecule is NNC(Cc1nccs1)CC12CC3CC(CC(C3)C1)C2. The summed E-state index contributed by atoms with van der Waals surface area (Å²) in [7, 11) is 0. The standard InChI is InChI=1S/C16H25N3S/c17-19-14(6-15-18-1-2-20-15)10-16-7-11-3-12(8-16)5-13(4-11)9-16/h1-2,11-14,19H,3-10,17H2.